The number of halogens is 3. The van der Waals surface area contributed by atoms with Crippen LogP contribution in [0.5, 0.6) is 0 Å². The molecule has 1 aromatic rings. The number of fused-ring (bicyclic) bond motifs is 1. The Balaban J connectivity index is 2.31. The molecule has 2 heterocycles. The van der Waals surface area contributed by atoms with Crippen LogP contribution in [0.3, 0.4) is 0 Å². The predicted molar refractivity (Wildman–Crippen MR) is 84.2 cm³/mol. The van der Waals surface area contributed by atoms with Crippen molar-refractivity contribution in [2.45, 2.75) is 59.0 Å². The van der Waals surface area contributed by atoms with Gasteiger partial charge in [0.2, 0.25) is 0 Å². The van der Waals surface area contributed by atoms with Crippen molar-refractivity contribution >= 4 is 12.1 Å². The van der Waals surface area contributed by atoms with Gasteiger partial charge in [-0.1, -0.05) is 0 Å². The van der Waals surface area contributed by atoms with E-state index in [9.17, 15) is 22.8 Å². The van der Waals surface area contributed by atoms with Crippen molar-refractivity contribution in [2.75, 3.05) is 13.2 Å². The number of aromatic nitrogens is 2. The van der Waals surface area contributed by atoms with Crippen molar-refractivity contribution in [2.24, 2.45) is 0 Å². The molecule has 1 aliphatic heterocycles. The second-order valence-electron chi connectivity index (χ2n) is 6.89. The summed E-state index contributed by atoms with van der Waals surface area (Å²) in [4.78, 5) is 25.0. The van der Waals surface area contributed by atoms with E-state index in [1.54, 1.807) is 27.7 Å². The molecule has 10 heteroatoms. The molecule has 1 amide bonds. The first-order valence-electron chi connectivity index (χ1n) is 8.21. The third-order valence-electron chi connectivity index (χ3n) is 3.64. The minimum Gasteiger partial charge on any atom is -0.465 e. The van der Waals surface area contributed by atoms with Gasteiger partial charge in [-0.2, -0.15) is 18.3 Å². The van der Waals surface area contributed by atoms with Gasteiger partial charge in [-0.05, 0) is 27.7 Å². The number of nitrogens with zero attached hydrogens (tertiary/aromatic N) is 3. The normalized spacial score (nSPS) is 14.8. The van der Waals surface area contributed by atoms with Crippen LogP contribution in [0, 0.1) is 0 Å². The van der Waals surface area contributed by atoms with Crippen molar-refractivity contribution in [3.8, 4) is 0 Å². The summed E-state index contributed by atoms with van der Waals surface area (Å²) in [6.07, 6.45) is -5.24. The van der Waals surface area contributed by atoms with Gasteiger partial charge in [0.25, 0.3) is 0 Å². The smallest absolute Gasteiger partial charge is 0.435 e. The zero-order valence-corrected chi connectivity index (χ0v) is 15.1. The quantitative estimate of drug-likeness (QED) is 0.758. The van der Waals surface area contributed by atoms with Gasteiger partial charge < -0.3 is 14.4 Å². The highest BCUT2D eigenvalue weighted by molar-refractivity contribution is 5.70. The topological polar surface area (TPSA) is 73.7 Å². The zero-order valence-electron chi connectivity index (χ0n) is 15.1. The maximum absolute atomic E-state index is 13.3. The second-order valence-corrected chi connectivity index (χ2v) is 6.89. The number of amides is 1. The number of carbonyl (C=O) groups excluding carboxylic acids is 2. The highest BCUT2D eigenvalue weighted by Gasteiger charge is 2.41. The van der Waals surface area contributed by atoms with Gasteiger partial charge in [-0.3, -0.25) is 9.48 Å². The lowest BCUT2D eigenvalue weighted by molar-refractivity contribution is -0.146. The molecule has 2 rings (SSSR count). The number of hydrogen-bond donors (Lipinski definition) is 0. The molecule has 1 aliphatic rings. The molecule has 146 valence electrons. The fraction of sp³-hybridized carbons (Fsp3) is 0.688. The standard InChI is InChI=1S/C16H22F3N3O4/c1-5-25-12(23)9-22-11-6-7-21(14(24)26-15(2,3)4)8-10(11)13(20-22)16(17,18)19/h5-9H2,1-4H3. The van der Waals surface area contributed by atoms with Crippen molar-refractivity contribution in [3.05, 3.63) is 17.0 Å². The number of carbonyl (C=O) groups is 2. The summed E-state index contributed by atoms with van der Waals surface area (Å²) in [5.41, 5.74) is -1.67. The SMILES string of the molecule is CCOC(=O)Cn1nc(C(F)(F)F)c2c1CCN(C(=O)OC(C)(C)C)C2. The summed E-state index contributed by atoms with van der Waals surface area (Å²) in [5, 5.41) is 3.57. The van der Waals surface area contributed by atoms with Crippen LogP contribution < -0.4 is 0 Å². The van der Waals surface area contributed by atoms with Crippen LogP contribution >= 0.6 is 0 Å². The lowest BCUT2D eigenvalue weighted by Gasteiger charge is -2.30. The molecule has 0 fully saturated rings. The Hall–Kier alpha value is -2.26. The average molecular weight is 377 g/mol. The molecule has 0 saturated carbocycles. The van der Waals surface area contributed by atoms with E-state index in [1.807, 2.05) is 0 Å². The van der Waals surface area contributed by atoms with Gasteiger partial charge in [0.05, 0.1) is 13.2 Å². The van der Waals surface area contributed by atoms with E-state index in [2.05, 4.69) is 5.10 Å². The molecular weight excluding hydrogens is 355 g/mol. The van der Waals surface area contributed by atoms with Gasteiger partial charge >= 0.3 is 18.2 Å². The lowest BCUT2D eigenvalue weighted by atomic mass is 10.1. The summed E-state index contributed by atoms with van der Waals surface area (Å²) >= 11 is 0. The molecule has 7 nitrogen and oxygen atoms in total. The predicted octanol–water partition coefficient (Wildman–Crippen LogP) is 2.76. The lowest BCUT2D eigenvalue weighted by Crippen LogP contribution is -2.40. The first-order valence-corrected chi connectivity index (χ1v) is 8.21. The van der Waals surface area contributed by atoms with Crippen LogP contribution in [0.25, 0.3) is 0 Å². The summed E-state index contributed by atoms with van der Waals surface area (Å²) in [6.45, 7) is 6.27. The Morgan fingerprint density at radius 1 is 1.23 bits per heavy atom. The van der Waals surface area contributed by atoms with Crippen LogP contribution in [0.15, 0.2) is 0 Å². The number of ether oxygens (including phenoxy) is 2. The Labute approximate surface area is 149 Å². The molecule has 0 saturated heterocycles. The van der Waals surface area contributed by atoms with Crippen LogP contribution in [-0.2, 0) is 40.0 Å². The molecule has 0 aliphatic carbocycles. The zero-order chi connectivity index (χ0) is 19.7. The number of rotatable bonds is 3. The molecule has 0 bridgehead atoms. The fourth-order valence-electron chi connectivity index (χ4n) is 2.66. The van der Waals surface area contributed by atoms with Crippen molar-refractivity contribution in [1.29, 1.82) is 0 Å². The molecule has 0 spiro atoms. The summed E-state index contributed by atoms with van der Waals surface area (Å²) in [6, 6.07) is 0. The van der Waals surface area contributed by atoms with Crippen molar-refractivity contribution < 1.29 is 32.2 Å². The van der Waals surface area contributed by atoms with E-state index in [4.69, 9.17) is 9.47 Å². The van der Waals surface area contributed by atoms with E-state index in [-0.39, 0.29) is 37.4 Å². The summed E-state index contributed by atoms with van der Waals surface area (Å²) in [5.74, 6) is -0.666. The molecule has 1 aromatic heterocycles. The monoisotopic (exact) mass is 377 g/mol. The van der Waals surface area contributed by atoms with E-state index < -0.39 is 36.1 Å². The molecule has 0 atom stereocenters. The van der Waals surface area contributed by atoms with E-state index in [1.165, 1.54) is 4.90 Å². The van der Waals surface area contributed by atoms with Gasteiger partial charge in [-0.15, -0.1) is 0 Å². The Kier molecular flexibility index (Phi) is 5.52. The van der Waals surface area contributed by atoms with Crippen LogP contribution in [-0.4, -0.2) is 45.5 Å². The fourth-order valence-corrected chi connectivity index (χ4v) is 2.66. The highest BCUT2D eigenvalue weighted by Crippen LogP contribution is 2.35. The highest BCUT2D eigenvalue weighted by atomic mass is 19.4. The van der Waals surface area contributed by atoms with E-state index in [0.29, 0.717) is 0 Å². The van der Waals surface area contributed by atoms with Gasteiger partial charge in [0.15, 0.2) is 5.69 Å². The van der Waals surface area contributed by atoms with E-state index in [0.717, 1.165) is 4.68 Å². The van der Waals surface area contributed by atoms with Gasteiger partial charge in [0.1, 0.15) is 12.1 Å². The van der Waals surface area contributed by atoms with E-state index >= 15 is 0 Å². The molecular formula is C16H22F3N3O4. The first kappa shape index (κ1) is 20.1. The second kappa shape index (κ2) is 7.16. The van der Waals surface area contributed by atoms with Crippen LogP contribution in [0.4, 0.5) is 18.0 Å². The summed E-state index contributed by atoms with van der Waals surface area (Å²) in [7, 11) is 0. The van der Waals surface area contributed by atoms with Crippen LogP contribution in [0.1, 0.15) is 44.6 Å². The maximum atomic E-state index is 13.3. The number of hydrogen-bond acceptors (Lipinski definition) is 5. The maximum Gasteiger partial charge on any atom is 0.435 e. The molecule has 0 N–H and O–H groups in total. The Bertz CT molecular complexity index is 692. The number of esters is 1. The average Bonchev–Trinajstić information content (AvgIpc) is 2.84. The Morgan fingerprint density at radius 3 is 2.42 bits per heavy atom. The number of alkyl halides is 3. The third-order valence-corrected chi connectivity index (χ3v) is 3.64. The minimum atomic E-state index is -4.69. The molecule has 26 heavy (non-hydrogen) atoms. The van der Waals surface area contributed by atoms with Gasteiger partial charge in [-0.25, -0.2) is 4.79 Å². The molecule has 0 unspecified atom stereocenters. The first-order chi connectivity index (χ1) is 11.9. The third kappa shape index (κ3) is 4.67. The summed E-state index contributed by atoms with van der Waals surface area (Å²) < 4.78 is 51.1. The molecule has 0 radical (unpaired) electrons. The molecule has 0 aromatic carbocycles. The van der Waals surface area contributed by atoms with Crippen LogP contribution in [0.2, 0.25) is 0 Å². The largest absolute Gasteiger partial charge is 0.465 e. The van der Waals surface area contributed by atoms with Crippen molar-refractivity contribution in [3.63, 3.8) is 0 Å². The van der Waals surface area contributed by atoms with Crippen molar-refractivity contribution in [1.82, 2.24) is 14.7 Å². The Morgan fingerprint density at radius 2 is 1.88 bits per heavy atom. The minimum absolute atomic E-state index is 0.112. The van der Waals surface area contributed by atoms with Gasteiger partial charge in [0, 0.05) is 24.2 Å².